The summed E-state index contributed by atoms with van der Waals surface area (Å²) in [7, 11) is 0. The lowest BCUT2D eigenvalue weighted by Gasteiger charge is -2.49. The Hall–Kier alpha value is -1.06. The van der Waals surface area contributed by atoms with Crippen molar-refractivity contribution in [3.05, 3.63) is 0 Å². The van der Waals surface area contributed by atoms with E-state index in [4.69, 9.17) is 0 Å². The number of nitrogens with zero attached hydrogens (tertiary/aromatic N) is 1. The minimum Gasteiger partial charge on any atom is -0.342 e. The zero-order valence-electron chi connectivity index (χ0n) is 14.7. The van der Waals surface area contributed by atoms with Crippen molar-refractivity contribution < 1.29 is 9.59 Å². The second-order valence-electron chi connectivity index (χ2n) is 7.74. The van der Waals surface area contributed by atoms with Gasteiger partial charge in [-0.05, 0) is 31.1 Å². The number of hydrogen-bond acceptors (Lipinski definition) is 2. The lowest BCUT2D eigenvalue weighted by Crippen LogP contribution is -2.72. The molecular weight excluding hydrogens is 264 g/mol. The SMILES string of the molecule is CCCC(C)CN1C(=O)C(C(C)(C)C)NC(=O)C1(C)CC. The lowest BCUT2D eigenvalue weighted by atomic mass is 9.80. The standard InChI is InChI=1S/C17H32N2O2/c1-8-10-12(3)11-19-14(20)13(16(4,5)6)18-15(21)17(19,7)9-2/h12-13H,8-11H2,1-7H3,(H,18,21). The van der Waals surface area contributed by atoms with Gasteiger partial charge in [-0.2, -0.15) is 0 Å². The van der Waals surface area contributed by atoms with Crippen LogP contribution < -0.4 is 5.32 Å². The third-order valence-corrected chi connectivity index (χ3v) is 4.70. The second-order valence-corrected chi connectivity index (χ2v) is 7.74. The van der Waals surface area contributed by atoms with E-state index in [1.165, 1.54) is 0 Å². The van der Waals surface area contributed by atoms with Gasteiger partial charge in [-0.15, -0.1) is 0 Å². The average molecular weight is 296 g/mol. The fraction of sp³-hybridized carbons (Fsp3) is 0.882. The molecule has 0 aromatic carbocycles. The molecule has 1 fully saturated rings. The van der Waals surface area contributed by atoms with Crippen LogP contribution in [0.1, 0.15) is 67.7 Å². The smallest absolute Gasteiger partial charge is 0.246 e. The van der Waals surface area contributed by atoms with Crippen molar-refractivity contribution in [2.75, 3.05) is 6.54 Å². The Morgan fingerprint density at radius 2 is 1.86 bits per heavy atom. The van der Waals surface area contributed by atoms with Crippen molar-refractivity contribution in [3.8, 4) is 0 Å². The molecule has 0 bridgehead atoms. The van der Waals surface area contributed by atoms with Crippen molar-refractivity contribution in [1.29, 1.82) is 0 Å². The Bertz CT molecular complexity index is 400. The molecule has 0 aromatic heterocycles. The van der Waals surface area contributed by atoms with Crippen molar-refractivity contribution in [3.63, 3.8) is 0 Å². The van der Waals surface area contributed by atoms with Crippen molar-refractivity contribution in [2.45, 2.75) is 79.3 Å². The van der Waals surface area contributed by atoms with Gasteiger partial charge in [0.1, 0.15) is 11.6 Å². The topological polar surface area (TPSA) is 49.4 Å². The predicted molar refractivity (Wildman–Crippen MR) is 85.9 cm³/mol. The molecule has 3 unspecified atom stereocenters. The van der Waals surface area contributed by atoms with E-state index in [-0.39, 0.29) is 17.2 Å². The zero-order chi connectivity index (χ0) is 16.4. The summed E-state index contributed by atoms with van der Waals surface area (Å²) in [4.78, 5) is 27.4. The molecule has 1 heterocycles. The first-order valence-electron chi connectivity index (χ1n) is 8.20. The maximum atomic E-state index is 12.9. The Morgan fingerprint density at radius 3 is 2.29 bits per heavy atom. The van der Waals surface area contributed by atoms with Crippen molar-refractivity contribution in [1.82, 2.24) is 10.2 Å². The Kier molecular flexibility index (Phi) is 5.46. The number of carbonyl (C=O) groups excluding carboxylic acids is 2. The van der Waals surface area contributed by atoms with Gasteiger partial charge in [0.15, 0.2) is 0 Å². The first kappa shape index (κ1) is 18.0. The molecule has 2 amide bonds. The van der Waals surface area contributed by atoms with Crippen LogP contribution in [0.15, 0.2) is 0 Å². The molecule has 1 aliphatic rings. The minimum atomic E-state index is -0.721. The third-order valence-electron chi connectivity index (χ3n) is 4.70. The van der Waals surface area contributed by atoms with E-state index in [1.807, 2.05) is 39.5 Å². The van der Waals surface area contributed by atoms with E-state index in [9.17, 15) is 9.59 Å². The summed E-state index contributed by atoms with van der Waals surface area (Å²) >= 11 is 0. The molecule has 3 atom stereocenters. The molecule has 1 rings (SSSR count). The maximum absolute atomic E-state index is 12.9. The number of nitrogens with one attached hydrogen (secondary N) is 1. The predicted octanol–water partition coefficient (Wildman–Crippen LogP) is 2.96. The fourth-order valence-corrected chi connectivity index (χ4v) is 3.00. The van der Waals surface area contributed by atoms with E-state index in [0.29, 0.717) is 18.9 Å². The van der Waals surface area contributed by atoms with Gasteiger partial charge in [0.2, 0.25) is 11.8 Å². The van der Waals surface area contributed by atoms with Crippen LogP contribution in [0.25, 0.3) is 0 Å². The molecule has 1 aliphatic heterocycles. The third kappa shape index (κ3) is 3.58. The molecule has 0 aromatic rings. The summed E-state index contributed by atoms with van der Waals surface area (Å²) in [6.07, 6.45) is 2.81. The van der Waals surface area contributed by atoms with Crippen LogP contribution in [0, 0.1) is 11.3 Å². The summed E-state index contributed by atoms with van der Waals surface area (Å²) in [6.45, 7) is 14.8. The largest absolute Gasteiger partial charge is 0.342 e. The van der Waals surface area contributed by atoms with Crippen LogP contribution in [-0.2, 0) is 9.59 Å². The van der Waals surface area contributed by atoms with Gasteiger partial charge >= 0.3 is 0 Å². The molecule has 21 heavy (non-hydrogen) atoms. The zero-order valence-corrected chi connectivity index (χ0v) is 14.7. The Morgan fingerprint density at radius 1 is 1.29 bits per heavy atom. The monoisotopic (exact) mass is 296 g/mol. The van der Waals surface area contributed by atoms with Gasteiger partial charge in [-0.1, -0.05) is 48.0 Å². The van der Waals surface area contributed by atoms with E-state index in [2.05, 4.69) is 19.2 Å². The molecule has 0 aliphatic carbocycles. The molecule has 1 N–H and O–H groups in total. The highest BCUT2D eigenvalue weighted by Gasteiger charge is 2.51. The highest BCUT2D eigenvalue weighted by molar-refractivity contribution is 5.99. The Balaban J connectivity index is 3.10. The van der Waals surface area contributed by atoms with Crippen molar-refractivity contribution in [2.24, 2.45) is 11.3 Å². The molecule has 0 radical (unpaired) electrons. The van der Waals surface area contributed by atoms with Crippen LogP contribution in [-0.4, -0.2) is 34.8 Å². The average Bonchev–Trinajstić information content (AvgIpc) is 2.38. The van der Waals surface area contributed by atoms with Crippen LogP contribution in [0.5, 0.6) is 0 Å². The van der Waals surface area contributed by atoms with E-state index >= 15 is 0 Å². The van der Waals surface area contributed by atoms with E-state index in [0.717, 1.165) is 12.8 Å². The van der Waals surface area contributed by atoms with Gasteiger partial charge < -0.3 is 10.2 Å². The van der Waals surface area contributed by atoms with Gasteiger partial charge in [0.05, 0.1) is 0 Å². The summed E-state index contributed by atoms with van der Waals surface area (Å²) in [5.74, 6) is 0.457. The second kappa shape index (κ2) is 6.37. The lowest BCUT2D eigenvalue weighted by molar-refractivity contribution is -0.160. The number of amides is 2. The number of rotatable bonds is 5. The summed E-state index contributed by atoms with van der Waals surface area (Å²) < 4.78 is 0. The summed E-state index contributed by atoms with van der Waals surface area (Å²) in [5.41, 5.74) is -0.991. The summed E-state index contributed by atoms with van der Waals surface area (Å²) in [5, 5.41) is 2.95. The van der Waals surface area contributed by atoms with Crippen molar-refractivity contribution >= 4 is 11.8 Å². The normalized spacial score (nSPS) is 28.5. The number of hydrogen-bond donors (Lipinski definition) is 1. The highest BCUT2D eigenvalue weighted by atomic mass is 16.2. The minimum absolute atomic E-state index is 0.0202. The first-order valence-corrected chi connectivity index (χ1v) is 8.20. The Labute approximate surface area is 129 Å². The van der Waals surface area contributed by atoms with Gasteiger partial charge in [0.25, 0.3) is 0 Å². The number of carbonyl (C=O) groups is 2. The van der Waals surface area contributed by atoms with E-state index < -0.39 is 11.6 Å². The summed E-state index contributed by atoms with van der Waals surface area (Å²) in [6, 6.07) is -0.432. The molecule has 122 valence electrons. The van der Waals surface area contributed by atoms with Crippen LogP contribution in [0.3, 0.4) is 0 Å². The molecule has 1 saturated heterocycles. The molecule has 4 nitrogen and oxygen atoms in total. The fourth-order valence-electron chi connectivity index (χ4n) is 3.00. The van der Waals surface area contributed by atoms with Crippen LogP contribution >= 0.6 is 0 Å². The highest BCUT2D eigenvalue weighted by Crippen LogP contribution is 2.32. The van der Waals surface area contributed by atoms with Gasteiger partial charge in [0, 0.05) is 6.54 Å². The molecule has 4 heteroatoms. The van der Waals surface area contributed by atoms with Crippen LogP contribution in [0.4, 0.5) is 0 Å². The number of piperazine rings is 1. The van der Waals surface area contributed by atoms with Gasteiger partial charge in [-0.25, -0.2) is 0 Å². The maximum Gasteiger partial charge on any atom is 0.246 e. The van der Waals surface area contributed by atoms with Gasteiger partial charge in [-0.3, -0.25) is 9.59 Å². The molecule has 0 spiro atoms. The first-order chi connectivity index (χ1) is 9.57. The van der Waals surface area contributed by atoms with Crippen LogP contribution in [0.2, 0.25) is 0 Å². The molecule has 0 saturated carbocycles. The van der Waals surface area contributed by atoms with E-state index in [1.54, 1.807) is 0 Å². The molecular formula is C17H32N2O2. The quantitative estimate of drug-likeness (QED) is 0.848.